The van der Waals surface area contributed by atoms with Gasteiger partial charge in [0.1, 0.15) is 6.61 Å². The van der Waals surface area contributed by atoms with Crippen molar-refractivity contribution >= 4 is 15.7 Å². The average Bonchev–Trinajstić information content (AvgIpc) is 2.67. The van der Waals surface area contributed by atoms with E-state index in [2.05, 4.69) is 4.98 Å². The molecule has 2 aromatic rings. The lowest BCUT2D eigenvalue weighted by molar-refractivity contribution is 0.0718. The van der Waals surface area contributed by atoms with Gasteiger partial charge in [-0.1, -0.05) is 37.3 Å². The van der Waals surface area contributed by atoms with Crippen molar-refractivity contribution in [3.8, 4) is 5.88 Å². The van der Waals surface area contributed by atoms with Crippen molar-refractivity contribution < 1.29 is 17.9 Å². The smallest absolute Gasteiger partial charge is 0.255 e. The Morgan fingerprint density at radius 1 is 1.15 bits per heavy atom. The highest BCUT2D eigenvalue weighted by molar-refractivity contribution is 7.91. The molecule has 0 bridgehead atoms. The summed E-state index contributed by atoms with van der Waals surface area (Å²) in [7, 11) is -3.16. The fourth-order valence-electron chi connectivity index (χ4n) is 2.72. The number of aromatic nitrogens is 1. The van der Waals surface area contributed by atoms with Crippen LogP contribution in [-0.4, -0.2) is 48.3 Å². The topological polar surface area (TPSA) is 76.6 Å². The van der Waals surface area contributed by atoms with E-state index in [0.717, 1.165) is 5.56 Å². The third kappa shape index (κ3) is 6.06. The minimum atomic E-state index is -3.16. The molecule has 0 saturated carbocycles. The fraction of sp³-hybridized carbons (Fsp3) is 0.400. The maximum Gasteiger partial charge on any atom is 0.255 e. The van der Waals surface area contributed by atoms with Gasteiger partial charge in [0.25, 0.3) is 5.91 Å². The SMILES string of the molecule is CCN(C(=O)c1ccc(OCc2ccccc2)nc1)[C@@H](C)CS(=O)(=O)CC. The number of hydrogen-bond donors (Lipinski definition) is 0. The Morgan fingerprint density at radius 3 is 2.41 bits per heavy atom. The van der Waals surface area contributed by atoms with E-state index in [1.807, 2.05) is 37.3 Å². The van der Waals surface area contributed by atoms with E-state index < -0.39 is 15.9 Å². The summed E-state index contributed by atoms with van der Waals surface area (Å²) in [5, 5.41) is 0. The first kappa shape index (κ1) is 20.9. The van der Waals surface area contributed by atoms with Crippen LogP contribution in [0.15, 0.2) is 48.7 Å². The monoisotopic (exact) mass is 390 g/mol. The van der Waals surface area contributed by atoms with Crippen LogP contribution in [0.4, 0.5) is 0 Å². The molecule has 0 aliphatic carbocycles. The van der Waals surface area contributed by atoms with Gasteiger partial charge in [-0.2, -0.15) is 0 Å². The van der Waals surface area contributed by atoms with E-state index in [1.165, 1.54) is 6.20 Å². The van der Waals surface area contributed by atoms with E-state index in [1.54, 1.807) is 30.9 Å². The fourth-order valence-corrected chi connectivity index (χ4v) is 3.87. The molecule has 0 spiro atoms. The van der Waals surface area contributed by atoms with Gasteiger partial charge in [-0.05, 0) is 25.5 Å². The largest absolute Gasteiger partial charge is 0.473 e. The number of nitrogens with zero attached hydrogens (tertiary/aromatic N) is 2. The number of pyridine rings is 1. The van der Waals surface area contributed by atoms with E-state index in [9.17, 15) is 13.2 Å². The number of amides is 1. The van der Waals surface area contributed by atoms with Crippen molar-refractivity contribution in [1.29, 1.82) is 0 Å². The molecule has 0 saturated heterocycles. The van der Waals surface area contributed by atoms with Crippen molar-refractivity contribution in [2.45, 2.75) is 33.4 Å². The Kier molecular flexibility index (Phi) is 7.36. The molecule has 0 radical (unpaired) electrons. The van der Waals surface area contributed by atoms with E-state index >= 15 is 0 Å². The second-order valence-electron chi connectivity index (χ2n) is 6.30. The molecule has 1 aromatic heterocycles. The minimum Gasteiger partial charge on any atom is -0.473 e. The third-order valence-corrected chi connectivity index (χ3v) is 6.15. The number of sulfone groups is 1. The van der Waals surface area contributed by atoms with Gasteiger partial charge in [0.2, 0.25) is 5.88 Å². The molecule has 0 aliphatic heterocycles. The van der Waals surface area contributed by atoms with Crippen molar-refractivity contribution in [3.63, 3.8) is 0 Å². The summed E-state index contributed by atoms with van der Waals surface area (Å²) in [5.74, 6) is 0.214. The molecule has 1 heterocycles. The number of hydrogen-bond acceptors (Lipinski definition) is 5. The van der Waals surface area contributed by atoms with Crippen LogP contribution in [0, 0.1) is 0 Å². The highest BCUT2D eigenvalue weighted by Crippen LogP contribution is 2.14. The van der Waals surface area contributed by atoms with Crippen LogP contribution in [0.25, 0.3) is 0 Å². The Morgan fingerprint density at radius 2 is 1.85 bits per heavy atom. The first-order valence-electron chi connectivity index (χ1n) is 9.00. The summed E-state index contributed by atoms with van der Waals surface area (Å²) in [5.41, 5.74) is 1.44. The predicted octanol–water partition coefficient (Wildman–Crippen LogP) is 2.95. The number of carbonyl (C=O) groups excluding carboxylic acids is 1. The molecule has 6 nitrogen and oxygen atoms in total. The predicted molar refractivity (Wildman–Crippen MR) is 106 cm³/mol. The molecule has 7 heteroatoms. The first-order chi connectivity index (χ1) is 12.9. The normalized spacial score (nSPS) is 12.4. The lowest BCUT2D eigenvalue weighted by atomic mass is 10.2. The van der Waals surface area contributed by atoms with Crippen LogP contribution in [0.3, 0.4) is 0 Å². The number of carbonyl (C=O) groups is 1. The van der Waals surface area contributed by atoms with Crippen LogP contribution in [0.1, 0.15) is 36.7 Å². The average molecular weight is 391 g/mol. The zero-order valence-corrected chi connectivity index (χ0v) is 16.8. The van der Waals surface area contributed by atoms with Gasteiger partial charge in [0.05, 0.1) is 11.3 Å². The molecule has 2 rings (SSSR count). The highest BCUT2D eigenvalue weighted by atomic mass is 32.2. The van der Waals surface area contributed by atoms with Crippen LogP contribution in [0.5, 0.6) is 5.88 Å². The van der Waals surface area contributed by atoms with Gasteiger partial charge in [-0.3, -0.25) is 4.79 Å². The number of benzene rings is 1. The second-order valence-corrected chi connectivity index (χ2v) is 8.70. The summed E-state index contributed by atoms with van der Waals surface area (Å²) in [6.07, 6.45) is 1.46. The second kappa shape index (κ2) is 9.50. The van der Waals surface area contributed by atoms with Crippen molar-refractivity contribution in [3.05, 3.63) is 59.8 Å². The van der Waals surface area contributed by atoms with Gasteiger partial charge in [0, 0.05) is 30.6 Å². The van der Waals surface area contributed by atoms with Gasteiger partial charge >= 0.3 is 0 Å². The maximum atomic E-state index is 12.7. The molecule has 0 aliphatic rings. The molecule has 0 N–H and O–H groups in total. The van der Waals surface area contributed by atoms with Gasteiger partial charge in [-0.25, -0.2) is 13.4 Å². The molecule has 1 atom stereocenters. The zero-order chi connectivity index (χ0) is 19.9. The lowest BCUT2D eigenvalue weighted by Crippen LogP contribution is -2.42. The molecule has 1 aromatic carbocycles. The quantitative estimate of drug-likeness (QED) is 0.658. The summed E-state index contributed by atoms with van der Waals surface area (Å²) in [4.78, 5) is 18.5. The number of ether oxygens (including phenoxy) is 1. The van der Waals surface area contributed by atoms with E-state index in [0.29, 0.717) is 24.6 Å². The van der Waals surface area contributed by atoms with Crippen LogP contribution in [-0.2, 0) is 16.4 Å². The number of rotatable bonds is 9. The first-order valence-corrected chi connectivity index (χ1v) is 10.8. The molecular weight excluding hydrogens is 364 g/mol. The van der Waals surface area contributed by atoms with Crippen molar-refractivity contribution in [2.24, 2.45) is 0 Å². The molecule has 1 amide bonds. The highest BCUT2D eigenvalue weighted by Gasteiger charge is 2.24. The van der Waals surface area contributed by atoms with Crippen LogP contribution >= 0.6 is 0 Å². The molecule has 146 valence electrons. The van der Waals surface area contributed by atoms with E-state index in [4.69, 9.17) is 4.74 Å². The third-order valence-electron chi connectivity index (χ3n) is 4.28. The molecular formula is C20H26N2O4S. The van der Waals surface area contributed by atoms with Gasteiger partial charge < -0.3 is 9.64 Å². The Labute approximate surface area is 161 Å². The van der Waals surface area contributed by atoms with Crippen molar-refractivity contribution in [1.82, 2.24) is 9.88 Å². The summed E-state index contributed by atoms with van der Waals surface area (Å²) < 4.78 is 29.3. The summed E-state index contributed by atoms with van der Waals surface area (Å²) >= 11 is 0. The van der Waals surface area contributed by atoms with E-state index in [-0.39, 0.29) is 17.4 Å². The summed E-state index contributed by atoms with van der Waals surface area (Å²) in [6.45, 7) is 6.01. The Balaban J connectivity index is 2.02. The van der Waals surface area contributed by atoms with Crippen molar-refractivity contribution in [2.75, 3.05) is 18.1 Å². The van der Waals surface area contributed by atoms with Gasteiger partial charge in [0.15, 0.2) is 9.84 Å². The standard InChI is InChI=1S/C20H26N2O4S/c1-4-22(16(3)15-27(24,25)5-2)20(23)18-11-12-19(21-13-18)26-14-17-9-7-6-8-10-17/h6-13,16H,4-5,14-15H2,1-3H3/t16-/m0/s1. The molecule has 27 heavy (non-hydrogen) atoms. The Hall–Kier alpha value is -2.41. The lowest BCUT2D eigenvalue weighted by Gasteiger charge is -2.27. The minimum absolute atomic E-state index is 0.0468. The molecule has 0 fully saturated rings. The van der Waals surface area contributed by atoms with Crippen LogP contribution in [0.2, 0.25) is 0 Å². The Bertz CT molecular complexity index is 836. The maximum absolute atomic E-state index is 12.7. The van der Waals surface area contributed by atoms with Gasteiger partial charge in [-0.15, -0.1) is 0 Å². The van der Waals surface area contributed by atoms with Crippen LogP contribution < -0.4 is 4.74 Å². The zero-order valence-electron chi connectivity index (χ0n) is 16.0. The molecule has 0 unspecified atom stereocenters. The summed E-state index contributed by atoms with van der Waals surface area (Å²) in [6, 6.07) is 12.6.